The van der Waals surface area contributed by atoms with Gasteiger partial charge in [0.1, 0.15) is 0 Å². The zero-order chi connectivity index (χ0) is 14.0. The van der Waals surface area contributed by atoms with Crippen molar-refractivity contribution in [2.75, 3.05) is 26.0 Å². The van der Waals surface area contributed by atoms with Crippen molar-refractivity contribution in [3.05, 3.63) is 28.8 Å². The van der Waals surface area contributed by atoms with Crippen LogP contribution < -0.4 is 11.1 Å². The van der Waals surface area contributed by atoms with Crippen molar-refractivity contribution < 1.29 is 4.79 Å². The second kappa shape index (κ2) is 5.94. The first-order chi connectivity index (χ1) is 9.02. The van der Waals surface area contributed by atoms with Gasteiger partial charge >= 0.3 is 0 Å². The molecule has 1 amide bonds. The van der Waals surface area contributed by atoms with Crippen molar-refractivity contribution in [2.24, 2.45) is 5.73 Å². The van der Waals surface area contributed by atoms with Gasteiger partial charge in [0.2, 0.25) is 5.91 Å². The number of benzene rings is 1. The minimum absolute atomic E-state index is 0.0935. The topological polar surface area (TPSA) is 58.4 Å². The number of nitrogens with two attached hydrogens (primary N) is 1. The van der Waals surface area contributed by atoms with Crippen LogP contribution in [0.15, 0.2) is 12.1 Å². The molecule has 5 heteroatoms. The van der Waals surface area contributed by atoms with Crippen LogP contribution in [0.1, 0.15) is 16.7 Å². The zero-order valence-electron chi connectivity index (χ0n) is 11.7. The van der Waals surface area contributed by atoms with Gasteiger partial charge in [-0.2, -0.15) is 0 Å². The number of hydrogen-bond acceptors (Lipinski definition) is 4. The van der Waals surface area contributed by atoms with Crippen LogP contribution in [-0.2, 0) is 17.0 Å². The van der Waals surface area contributed by atoms with Gasteiger partial charge in [0.25, 0.3) is 0 Å². The van der Waals surface area contributed by atoms with Crippen molar-refractivity contribution >= 4 is 23.4 Å². The zero-order valence-corrected chi connectivity index (χ0v) is 12.5. The number of hydrogen-bond donors (Lipinski definition) is 2. The van der Waals surface area contributed by atoms with Crippen LogP contribution in [0, 0.1) is 6.92 Å². The van der Waals surface area contributed by atoms with Crippen LogP contribution in [0.2, 0.25) is 0 Å². The number of rotatable bonds is 5. The van der Waals surface area contributed by atoms with Crippen molar-refractivity contribution in [1.82, 2.24) is 4.90 Å². The first kappa shape index (κ1) is 14.4. The lowest BCUT2D eigenvalue weighted by Gasteiger charge is -2.22. The van der Waals surface area contributed by atoms with Crippen molar-refractivity contribution in [2.45, 2.75) is 24.5 Å². The van der Waals surface area contributed by atoms with E-state index in [-0.39, 0.29) is 5.91 Å². The minimum atomic E-state index is 0.0935. The number of nitrogens with one attached hydrogen (secondary N) is 1. The Hall–Kier alpha value is -1.04. The Morgan fingerprint density at radius 1 is 1.47 bits per heavy atom. The van der Waals surface area contributed by atoms with Crippen molar-refractivity contribution in [1.29, 1.82) is 0 Å². The molecule has 0 saturated carbocycles. The van der Waals surface area contributed by atoms with Gasteiger partial charge in [-0.15, -0.1) is 11.8 Å². The van der Waals surface area contributed by atoms with E-state index in [2.05, 4.69) is 23.2 Å². The molecule has 3 N–H and O–H groups in total. The molecule has 1 heterocycles. The number of anilines is 1. The maximum absolute atomic E-state index is 11.4. The van der Waals surface area contributed by atoms with Gasteiger partial charge in [0, 0.05) is 18.0 Å². The molecule has 2 rings (SSSR count). The number of carbonyl (C=O) groups is 1. The summed E-state index contributed by atoms with van der Waals surface area (Å²) in [5, 5.41) is 3.21. The molecule has 0 spiro atoms. The smallest absolute Gasteiger partial charge is 0.228 e. The number of likely N-dealkylation sites (N-methyl/N-ethyl adjacent to an activating group) is 1. The van der Waals surface area contributed by atoms with Crippen LogP contribution in [0.25, 0.3) is 0 Å². The summed E-state index contributed by atoms with van der Waals surface area (Å²) in [6, 6.07) is 4.12. The predicted octanol–water partition coefficient (Wildman–Crippen LogP) is 1.57. The fourth-order valence-electron chi connectivity index (χ4n) is 2.28. The van der Waals surface area contributed by atoms with E-state index in [0.717, 1.165) is 17.0 Å². The summed E-state index contributed by atoms with van der Waals surface area (Å²) in [4.78, 5) is 13.6. The number of carbonyl (C=O) groups excluding carboxylic acids is 1. The molecule has 0 fully saturated rings. The fourth-order valence-corrected chi connectivity index (χ4v) is 3.39. The Kier molecular flexibility index (Phi) is 4.50. The van der Waals surface area contributed by atoms with Gasteiger partial charge in [-0.25, -0.2) is 0 Å². The second-order valence-corrected chi connectivity index (χ2v) is 6.23. The number of fused-ring (bicyclic) bond motifs is 1. The normalized spacial score (nSPS) is 15.5. The van der Waals surface area contributed by atoms with Gasteiger partial charge in [-0.05, 0) is 43.8 Å². The minimum Gasteiger partial charge on any atom is -0.328 e. The Morgan fingerprint density at radius 3 is 2.84 bits per heavy atom. The summed E-state index contributed by atoms with van der Waals surface area (Å²) < 4.78 is 0. The van der Waals surface area contributed by atoms with Crippen molar-refractivity contribution in [3.63, 3.8) is 0 Å². The number of thioether (sulfide) groups is 1. The molecule has 0 aromatic heterocycles. The summed E-state index contributed by atoms with van der Waals surface area (Å²) in [7, 11) is 4.09. The van der Waals surface area contributed by atoms with E-state index in [9.17, 15) is 4.79 Å². The average Bonchev–Trinajstić information content (AvgIpc) is 2.74. The van der Waals surface area contributed by atoms with Crippen LogP contribution in [-0.4, -0.2) is 36.8 Å². The van der Waals surface area contributed by atoms with Crippen molar-refractivity contribution in [3.8, 4) is 0 Å². The maximum atomic E-state index is 11.4. The number of amides is 1. The van der Waals surface area contributed by atoms with Gasteiger partial charge in [0.15, 0.2) is 0 Å². The lowest BCUT2D eigenvalue weighted by atomic mass is 10.0. The molecule has 1 atom stereocenters. The molecule has 0 unspecified atom stereocenters. The Morgan fingerprint density at radius 2 is 2.21 bits per heavy atom. The third-order valence-corrected chi connectivity index (χ3v) is 5.01. The number of nitrogens with zero attached hydrogens (tertiary/aromatic N) is 1. The average molecular weight is 279 g/mol. The molecule has 0 aliphatic carbocycles. The van der Waals surface area contributed by atoms with Gasteiger partial charge in [0.05, 0.1) is 11.8 Å². The first-order valence-corrected chi connectivity index (χ1v) is 7.47. The Balaban J connectivity index is 2.10. The maximum Gasteiger partial charge on any atom is 0.228 e. The van der Waals surface area contributed by atoms with E-state index in [1.165, 1.54) is 11.1 Å². The standard InChI is InChI=1S/C14H21N3OS/c1-9-10(8-19-14(7-15)17(2)3)4-5-12-11(9)6-13(18)16-12/h4-5,14H,6-8,15H2,1-3H3,(H,16,18)/t14-/m0/s1. The quantitative estimate of drug-likeness (QED) is 0.803. The molecule has 1 aliphatic rings. The molecular weight excluding hydrogens is 258 g/mol. The summed E-state index contributed by atoms with van der Waals surface area (Å²) in [5.74, 6) is 1.02. The molecule has 0 bridgehead atoms. The summed E-state index contributed by atoms with van der Waals surface area (Å²) in [6.45, 7) is 2.74. The molecule has 19 heavy (non-hydrogen) atoms. The van der Waals surface area contributed by atoms with E-state index in [1.54, 1.807) is 0 Å². The Bertz CT molecular complexity index is 488. The highest BCUT2D eigenvalue weighted by molar-refractivity contribution is 7.99. The van der Waals surface area contributed by atoms with E-state index >= 15 is 0 Å². The molecule has 1 aromatic carbocycles. The van der Waals surface area contributed by atoms with Gasteiger partial charge in [-0.1, -0.05) is 6.07 Å². The lowest BCUT2D eigenvalue weighted by molar-refractivity contribution is -0.115. The highest BCUT2D eigenvalue weighted by atomic mass is 32.2. The van der Waals surface area contributed by atoms with E-state index < -0.39 is 0 Å². The predicted molar refractivity (Wildman–Crippen MR) is 81.3 cm³/mol. The summed E-state index contributed by atoms with van der Waals surface area (Å²) in [6.07, 6.45) is 0.508. The fraction of sp³-hybridized carbons (Fsp3) is 0.500. The molecule has 104 valence electrons. The van der Waals surface area contributed by atoms with Gasteiger partial charge in [-0.3, -0.25) is 9.69 Å². The lowest BCUT2D eigenvalue weighted by Crippen LogP contribution is -2.32. The first-order valence-electron chi connectivity index (χ1n) is 6.42. The third kappa shape index (κ3) is 3.11. The molecule has 1 aromatic rings. The van der Waals surface area contributed by atoms with Gasteiger partial charge < -0.3 is 11.1 Å². The Labute approximate surface area is 118 Å². The monoisotopic (exact) mass is 279 g/mol. The van der Waals surface area contributed by atoms with E-state index in [1.807, 2.05) is 31.9 Å². The molecular formula is C14H21N3OS. The van der Waals surface area contributed by atoms with E-state index in [0.29, 0.717) is 18.3 Å². The largest absolute Gasteiger partial charge is 0.328 e. The molecule has 4 nitrogen and oxygen atoms in total. The van der Waals surface area contributed by atoms with Crippen LogP contribution in [0.4, 0.5) is 5.69 Å². The SMILES string of the molecule is Cc1c(CS[C@@H](CN)N(C)C)ccc2c1CC(=O)N2. The van der Waals surface area contributed by atoms with Crippen LogP contribution in [0.3, 0.4) is 0 Å². The van der Waals surface area contributed by atoms with E-state index in [4.69, 9.17) is 5.73 Å². The highest BCUT2D eigenvalue weighted by Gasteiger charge is 2.21. The third-order valence-electron chi connectivity index (χ3n) is 3.53. The molecule has 0 radical (unpaired) electrons. The summed E-state index contributed by atoms with van der Waals surface area (Å²) in [5.41, 5.74) is 10.4. The summed E-state index contributed by atoms with van der Waals surface area (Å²) >= 11 is 1.84. The highest BCUT2D eigenvalue weighted by Crippen LogP contribution is 2.31. The molecule has 0 saturated heterocycles. The van der Waals surface area contributed by atoms with Crippen LogP contribution in [0.5, 0.6) is 0 Å². The second-order valence-electron chi connectivity index (χ2n) is 5.07. The molecule has 1 aliphatic heterocycles. The van der Waals surface area contributed by atoms with Crippen LogP contribution >= 0.6 is 11.8 Å².